The highest BCUT2D eigenvalue weighted by atomic mass is 79.9. The average molecular weight is 412 g/mol. The summed E-state index contributed by atoms with van der Waals surface area (Å²) in [4.78, 5) is 11.9. The molecule has 1 amide bonds. The second kappa shape index (κ2) is 12.3. The zero-order chi connectivity index (χ0) is 17.7. The Labute approximate surface area is 159 Å². The van der Waals surface area contributed by atoms with Crippen LogP contribution in [-0.2, 0) is 16.1 Å². The molecule has 0 heterocycles. The Bertz CT molecular complexity index is 475. The third-order valence-corrected chi connectivity index (χ3v) is 5.15. The number of hydrogen-bond donors (Lipinski definition) is 1. The highest BCUT2D eigenvalue weighted by Gasteiger charge is 2.23. The molecule has 0 saturated heterocycles. The zero-order valence-corrected chi connectivity index (χ0v) is 16.5. The van der Waals surface area contributed by atoms with Crippen molar-refractivity contribution in [3.63, 3.8) is 0 Å². The van der Waals surface area contributed by atoms with Gasteiger partial charge in [-0.05, 0) is 44.1 Å². The van der Waals surface area contributed by atoms with Gasteiger partial charge >= 0.3 is 6.09 Å². The van der Waals surface area contributed by atoms with Crippen molar-refractivity contribution in [2.75, 3.05) is 11.9 Å². The van der Waals surface area contributed by atoms with Crippen LogP contribution in [0.1, 0.15) is 56.9 Å². The minimum Gasteiger partial charge on any atom is -0.445 e. The molecule has 0 bridgehead atoms. The fourth-order valence-electron chi connectivity index (χ4n) is 3.11. The third-order valence-electron chi connectivity index (χ3n) is 4.59. The van der Waals surface area contributed by atoms with Crippen LogP contribution >= 0.6 is 15.9 Å². The second-order valence-corrected chi connectivity index (χ2v) is 7.45. The molecule has 0 aliphatic heterocycles. The average Bonchev–Trinajstić information content (AvgIpc) is 2.65. The lowest BCUT2D eigenvalue weighted by Crippen LogP contribution is -2.39. The summed E-state index contributed by atoms with van der Waals surface area (Å²) < 4.78 is 11.3. The first-order chi connectivity index (χ1) is 12.3. The first kappa shape index (κ1) is 20.2. The van der Waals surface area contributed by atoms with Gasteiger partial charge in [-0.2, -0.15) is 0 Å². The van der Waals surface area contributed by atoms with E-state index < -0.39 is 0 Å². The van der Waals surface area contributed by atoms with E-state index in [4.69, 9.17) is 9.47 Å². The second-order valence-electron chi connectivity index (χ2n) is 6.65. The van der Waals surface area contributed by atoms with Crippen molar-refractivity contribution in [3.05, 3.63) is 35.9 Å². The lowest BCUT2D eigenvalue weighted by molar-refractivity contribution is 0.0200. The monoisotopic (exact) mass is 411 g/mol. The number of benzene rings is 1. The van der Waals surface area contributed by atoms with Crippen LogP contribution in [0.4, 0.5) is 4.79 Å². The number of alkyl halides is 1. The van der Waals surface area contributed by atoms with Crippen LogP contribution in [-0.4, -0.2) is 30.2 Å². The summed E-state index contributed by atoms with van der Waals surface area (Å²) in [6.45, 7) is 1.18. The van der Waals surface area contributed by atoms with Gasteiger partial charge in [-0.1, -0.05) is 59.1 Å². The number of amides is 1. The van der Waals surface area contributed by atoms with Gasteiger partial charge in [0, 0.05) is 18.0 Å². The number of carbonyl (C=O) groups excluding carboxylic acids is 1. The molecule has 1 aromatic rings. The standard InChI is InChI=1S/C20H30BrNO3/c21-14-6-1-2-7-15-24-19-12-10-18(11-13-19)22-20(23)25-16-17-8-4-3-5-9-17/h3-5,8-9,18-19H,1-2,6-7,10-16H2,(H,22,23). The summed E-state index contributed by atoms with van der Waals surface area (Å²) in [6, 6.07) is 9.96. The molecule has 140 valence electrons. The van der Waals surface area contributed by atoms with Crippen LogP contribution in [0.2, 0.25) is 0 Å². The topological polar surface area (TPSA) is 47.6 Å². The number of halogens is 1. The van der Waals surface area contributed by atoms with Gasteiger partial charge in [0.15, 0.2) is 0 Å². The molecular weight excluding hydrogens is 382 g/mol. The molecule has 0 radical (unpaired) electrons. The van der Waals surface area contributed by atoms with Gasteiger partial charge in [0.1, 0.15) is 6.61 Å². The van der Waals surface area contributed by atoms with Gasteiger partial charge in [0.05, 0.1) is 6.10 Å². The maximum absolute atomic E-state index is 11.9. The van der Waals surface area contributed by atoms with Crippen LogP contribution in [0.3, 0.4) is 0 Å². The minimum atomic E-state index is -0.319. The van der Waals surface area contributed by atoms with E-state index >= 15 is 0 Å². The Morgan fingerprint density at radius 2 is 1.76 bits per heavy atom. The van der Waals surface area contributed by atoms with Crippen molar-refractivity contribution in [2.24, 2.45) is 0 Å². The van der Waals surface area contributed by atoms with Crippen molar-refractivity contribution >= 4 is 22.0 Å². The highest BCUT2D eigenvalue weighted by molar-refractivity contribution is 9.09. The molecule has 0 atom stereocenters. The Morgan fingerprint density at radius 3 is 2.48 bits per heavy atom. The minimum absolute atomic E-state index is 0.210. The Kier molecular flexibility index (Phi) is 9.97. The fraction of sp³-hybridized carbons (Fsp3) is 0.650. The lowest BCUT2D eigenvalue weighted by Gasteiger charge is -2.28. The van der Waals surface area contributed by atoms with E-state index in [9.17, 15) is 4.79 Å². The summed E-state index contributed by atoms with van der Waals surface area (Å²) in [6.07, 6.45) is 8.93. The van der Waals surface area contributed by atoms with Crippen molar-refractivity contribution in [1.29, 1.82) is 0 Å². The zero-order valence-electron chi connectivity index (χ0n) is 14.9. The Morgan fingerprint density at radius 1 is 1.04 bits per heavy atom. The van der Waals surface area contributed by atoms with E-state index in [1.807, 2.05) is 30.3 Å². The van der Waals surface area contributed by atoms with Crippen molar-refractivity contribution < 1.29 is 14.3 Å². The summed E-state index contributed by atoms with van der Waals surface area (Å²) in [5.41, 5.74) is 1.01. The maximum Gasteiger partial charge on any atom is 0.407 e. The van der Waals surface area contributed by atoms with Crippen LogP contribution in [0.15, 0.2) is 30.3 Å². The number of carbonyl (C=O) groups is 1. The summed E-state index contributed by atoms with van der Waals surface area (Å²) in [5.74, 6) is 0. The molecule has 25 heavy (non-hydrogen) atoms. The Hall–Kier alpha value is -1.07. The number of ether oxygens (including phenoxy) is 2. The fourth-order valence-corrected chi connectivity index (χ4v) is 3.50. The van der Waals surface area contributed by atoms with E-state index in [0.717, 1.165) is 49.6 Å². The summed E-state index contributed by atoms with van der Waals surface area (Å²) >= 11 is 3.46. The molecule has 0 aromatic heterocycles. The molecule has 0 spiro atoms. The molecular formula is C20H30BrNO3. The summed E-state index contributed by atoms with van der Waals surface area (Å²) in [7, 11) is 0. The molecule has 1 fully saturated rings. The van der Waals surface area contributed by atoms with Crippen LogP contribution in [0, 0.1) is 0 Å². The first-order valence-electron chi connectivity index (χ1n) is 9.42. The van der Waals surface area contributed by atoms with Gasteiger partial charge in [-0.25, -0.2) is 4.79 Å². The predicted octanol–water partition coefficient (Wildman–Crippen LogP) is 5.20. The molecule has 2 rings (SSSR count). The van der Waals surface area contributed by atoms with E-state index in [1.165, 1.54) is 19.3 Å². The molecule has 1 aromatic carbocycles. The van der Waals surface area contributed by atoms with Gasteiger partial charge in [0.2, 0.25) is 0 Å². The molecule has 1 aliphatic carbocycles. The van der Waals surface area contributed by atoms with E-state index in [0.29, 0.717) is 12.7 Å². The van der Waals surface area contributed by atoms with Crippen LogP contribution < -0.4 is 5.32 Å². The highest BCUT2D eigenvalue weighted by Crippen LogP contribution is 2.21. The number of alkyl carbamates (subject to hydrolysis) is 1. The van der Waals surface area contributed by atoms with E-state index in [2.05, 4.69) is 21.2 Å². The summed E-state index contributed by atoms with van der Waals surface area (Å²) in [5, 5.41) is 4.07. The van der Waals surface area contributed by atoms with Crippen molar-refractivity contribution in [2.45, 2.75) is 70.1 Å². The van der Waals surface area contributed by atoms with Gasteiger partial charge in [-0.15, -0.1) is 0 Å². The third kappa shape index (κ3) is 8.73. The van der Waals surface area contributed by atoms with E-state index in [-0.39, 0.29) is 12.1 Å². The molecule has 1 saturated carbocycles. The SMILES string of the molecule is O=C(NC1CCC(OCCCCCCBr)CC1)OCc1ccccc1. The number of unbranched alkanes of at least 4 members (excludes halogenated alkanes) is 3. The quantitative estimate of drug-likeness (QED) is 0.425. The molecule has 1 aliphatic rings. The largest absolute Gasteiger partial charge is 0.445 e. The van der Waals surface area contributed by atoms with E-state index in [1.54, 1.807) is 0 Å². The predicted molar refractivity (Wildman–Crippen MR) is 104 cm³/mol. The number of rotatable bonds is 10. The number of nitrogens with one attached hydrogen (secondary N) is 1. The van der Waals surface area contributed by atoms with Crippen molar-refractivity contribution in [1.82, 2.24) is 5.32 Å². The van der Waals surface area contributed by atoms with Gasteiger partial charge in [0.25, 0.3) is 0 Å². The van der Waals surface area contributed by atoms with Crippen LogP contribution in [0.25, 0.3) is 0 Å². The normalized spacial score (nSPS) is 20.2. The smallest absolute Gasteiger partial charge is 0.407 e. The van der Waals surface area contributed by atoms with Crippen LogP contribution in [0.5, 0.6) is 0 Å². The number of hydrogen-bond acceptors (Lipinski definition) is 3. The molecule has 5 heteroatoms. The van der Waals surface area contributed by atoms with Crippen molar-refractivity contribution in [3.8, 4) is 0 Å². The maximum atomic E-state index is 11.9. The first-order valence-corrected chi connectivity index (χ1v) is 10.5. The van der Waals surface area contributed by atoms with Gasteiger partial charge in [-0.3, -0.25) is 0 Å². The Balaban J connectivity index is 1.52. The molecule has 4 nitrogen and oxygen atoms in total. The molecule has 0 unspecified atom stereocenters. The van der Waals surface area contributed by atoms with Gasteiger partial charge < -0.3 is 14.8 Å². The lowest BCUT2D eigenvalue weighted by atomic mass is 9.93. The molecule has 1 N–H and O–H groups in total.